The number of hydrogen-bond acceptors (Lipinski definition) is 3. The lowest BCUT2D eigenvalue weighted by Crippen LogP contribution is -2.39. The molecule has 1 atom stereocenters. The van der Waals surface area contributed by atoms with Crippen molar-refractivity contribution in [2.24, 2.45) is 0 Å². The fraction of sp³-hybridized carbons (Fsp3) is 0.467. The highest BCUT2D eigenvalue weighted by molar-refractivity contribution is 7.10. The number of rotatable bonds is 4. The molecule has 106 valence electrons. The van der Waals surface area contributed by atoms with E-state index in [0.717, 1.165) is 30.8 Å². The van der Waals surface area contributed by atoms with Gasteiger partial charge in [-0.15, -0.1) is 11.3 Å². The molecule has 1 unspecified atom stereocenters. The Kier molecular flexibility index (Phi) is 3.87. The van der Waals surface area contributed by atoms with E-state index >= 15 is 0 Å². The Morgan fingerprint density at radius 2 is 2.45 bits per heavy atom. The molecule has 1 saturated heterocycles. The van der Waals surface area contributed by atoms with E-state index in [4.69, 9.17) is 0 Å². The molecule has 0 radical (unpaired) electrons. The van der Waals surface area contributed by atoms with Crippen LogP contribution in [0, 0.1) is 6.92 Å². The highest BCUT2D eigenvalue weighted by Gasteiger charge is 2.29. The molecule has 4 nitrogen and oxygen atoms in total. The molecule has 5 heteroatoms. The Bertz CT molecular complexity index is 576. The third-order valence-electron chi connectivity index (χ3n) is 3.76. The zero-order valence-corrected chi connectivity index (χ0v) is 12.5. The van der Waals surface area contributed by atoms with Crippen LogP contribution in [-0.4, -0.2) is 33.2 Å². The number of likely N-dealkylation sites (tertiary alicyclic amines) is 1. The summed E-state index contributed by atoms with van der Waals surface area (Å²) < 4.78 is 1.96. The van der Waals surface area contributed by atoms with Crippen LogP contribution in [0.1, 0.15) is 23.3 Å². The van der Waals surface area contributed by atoms with Gasteiger partial charge in [0.2, 0.25) is 5.91 Å². The molecule has 0 saturated carbocycles. The third-order valence-corrected chi connectivity index (χ3v) is 4.64. The van der Waals surface area contributed by atoms with Crippen molar-refractivity contribution in [3.05, 3.63) is 40.3 Å². The van der Waals surface area contributed by atoms with Crippen LogP contribution < -0.4 is 0 Å². The summed E-state index contributed by atoms with van der Waals surface area (Å²) in [6.45, 7) is 3.73. The van der Waals surface area contributed by atoms with Crippen LogP contribution in [0.25, 0.3) is 0 Å². The molecule has 0 aliphatic carbocycles. The van der Waals surface area contributed by atoms with Crippen molar-refractivity contribution >= 4 is 17.2 Å². The standard InChI is InChI=1S/C15H19N3OS/c1-12-9-16-17(10-12)11-13-4-2-6-18(13)15(19)8-14-5-3-7-20-14/h3,5,7,9-10,13H,2,4,6,8,11H2,1H3. The van der Waals surface area contributed by atoms with E-state index in [1.54, 1.807) is 11.3 Å². The average molecular weight is 289 g/mol. The third kappa shape index (κ3) is 2.93. The van der Waals surface area contributed by atoms with Crippen LogP contribution in [0.15, 0.2) is 29.9 Å². The fourth-order valence-corrected chi connectivity index (χ4v) is 3.50. The van der Waals surface area contributed by atoms with Gasteiger partial charge < -0.3 is 4.90 Å². The fourth-order valence-electron chi connectivity index (χ4n) is 2.80. The van der Waals surface area contributed by atoms with E-state index in [9.17, 15) is 4.79 Å². The van der Waals surface area contributed by atoms with Gasteiger partial charge in [-0.25, -0.2) is 0 Å². The van der Waals surface area contributed by atoms with Crippen molar-refractivity contribution < 1.29 is 4.79 Å². The summed E-state index contributed by atoms with van der Waals surface area (Å²) >= 11 is 1.65. The van der Waals surface area contributed by atoms with Gasteiger partial charge in [-0.1, -0.05) is 6.07 Å². The number of carbonyl (C=O) groups excluding carboxylic acids is 1. The maximum absolute atomic E-state index is 12.4. The molecule has 2 aromatic rings. The zero-order valence-electron chi connectivity index (χ0n) is 11.7. The van der Waals surface area contributed by atoms with Crippen molar-refractivity contribution in [1.29, 1.82) is 0 Å². The second kappa shape index (κ2) is 5.79. The highest BCUT2D eigenvalue weighted by Crippen LogP contribution is 2.21. The van der Waals surface area contributed by atoms with E-state index in [1.807, 2.05) is 46.4 Å². The molecule has 1 amide bonds. The van der Waals surface area contributed by atoms with E-state index in [0.29, 0.717) is 12.5 Å². The van der Waals surface area contributed by atoms with Crippen LogP contribution in [0.4, 0.5) is 0 Å². The maximum atomic E-state index is 12.4. The first-order valence-electron chi connectivity index (χ1n) is 7.03. The number of thiophene rings is 1. The number of hydrogen-bond donors (Lipinski definition) is 0. The number of aryl methyl sites for hydroxylation is 1. The Morgan fingerprint density at radius 1 is 1.55 bits per heavy atom. The molecule has 3 rings (SSSR count). The predicted octanol–water partition coefficient (Wildman–Crippen LogP) is 2.49. The van der Waals surface area contributed by atoms with Crippen molar-refractivity contribution in [2.75, 3.05) is 6.54 Å². The number of nitrogens with zero attached hydrogens (tertiary/aromatic N) is 3. The van der Waals surface area contributed by atoms with Crippen molar-refractivity contribution in [3.63, 3.8) is 0 Å². The SMILES string of the molecule is Cc1cnn(CC2CCCN2C(=O)Cc2cccs2)c1. The van der Waals surface area contributed by atoms with Gasteiger partial charge in [0.1, 0.15) is 0 Å². The van der Waals surface area contributed by atoms with Gasteiger partial charge in [0.05, 0.1) is 25.2 Å². The van der Waals surface area contributed by atoms with Gasteiger partial charge in [0.15, 0.2) is 0 Å². The zero-order chi connectivity index (χ0) is 13.9. The molecule has 1 aliphatic rings. The first kappa shape index (κ1) is 13.4. The van der Waals surface area contributed by atoms with Crippen molar-refractivity contribution in [2.45, 2.75) is 38.8 Å². The Hall–Kier alpha value is -1.62. The summed E-state index contributed by atoms with van der Waals surface area (Å²) in [6.07, 6.45) is 6.62. The van der Waals surface area contributed by atoms with Gasteiger partial charge in [0.25, 0.3) is 0 Å². The lowest BCUT2D eigenvalue weighted by Gasteiger charge is -2.24. The molecule has 20 heavy (non-hydrogen) atoms. The average Bonchev–Trinajstić information content (AvgIpc) is 3.12. The molecular formula is C15H19N3OS. The Labute approximate surface area is 123 Å². The summed E-state index contributed by atoms with van der Waals surface area (Å²) in [4.78, 5) is 15.6. The first-order chi connectivity index (χ1) is 9.72. The van der Waals surface area contributed by atoms with Gasteiger partial charge >= 0.3 is 0 Å². The minimum Gasteiger partial charge on any atom is -0.338 e. The van der Waals surface area contributed by atoms with Crippen LogP contribution in [0.5, 0.6) is 0 Å². The maximum Gasteiger partial charge on any atom is 0.228 e. The smallest absolute Gasteiger partial charge is 0.228 e. The molecule has 1 aliphatic heterocycles. The van der Waals surface area contributed by atoms with Crippen LogP contribution in [0.3, 0.4) is 0 Å². The second-order valence-electron chi connectivity index (χ2n) is 5.38. The molecule has 0 N–H and O–H groups in total. The topological polar surface area (TPSA) is 38.1 Å². The summed E-state index contributed by atoms with van der Waals surface area (Å²) in [6, 6.07) is 4.33. The monoisotopic (exact) mass is 289 g/mol. The minimum atomic E-state index is 0.249. The molecule has 1 fully saturated rings. The summed E-state index contributed by atoms with van der Waals surface area (Å²) in [5, 5.41) is 6.35. The quantitative estimate of drug-likeness (QED) is 0.867. The van der Waals surface area contributed by atoms with Crippen LogP contribution in [-0.2, 0) is 17.8 Å². The van der Waals surface area contributed by atoms with Crippen molar-refractivity contribution in [1.82, 2.24) is 14.7 Å². The molecule has 0 bridgehead atoms. The molecule has 2 aromatic heterocycles. The van der Waals surface area contributed by atoms with E-state index in [-0.39, 0.29) is 5.91 Å². The van der Waals surface area contributed by atoms with Crippen LogP contribution >= 0.6 is 11.3 Å². The van der Waals surface area contributed by atoms with Crippen LogP contribution in [0.2, 0.25) is 0 Å². The van der Waals surface area contributed by atoms with E-state index in [2.05, 4.69) is 5.10 Å². The van der Waals surface area contributed by atoms with E-state index in [1.165, 1.54) is 5.56 Å². The minimum absolute atomic E-state index is 0.249. The largest absolute Gasteiger partial charge is 0.338 e. The lowest BCUT2D eigenvalue weighted by molar-refractivity contribution is -0.131. The molecule has 0 spiro atoms. The lowest BCUT2D eigenvalue weighted by atomic mass is 10.2. The van der Waals surface area contributed by atoms with Gasteiger partial charge in [0, 0.05) is 17.6 Å². The summed E-state index contributed by atoms with van der Waals surface area (Å²) in [5.41, 5.74) is 1.17. The number of amides is 1. The number of aromatic nitrogens is 2. The molecule has 3 heterocycles. The molecular weight excluding hydrogens is 270 g/mol. The number of carbonyl (C=O) groups is 1. The Morgan fingerprint density at radius 3 is 3.15 bits per heavy atom. The summed E-state index contributed by atoms with van der Waals surface area (Å²) in [5.74, 6) is 0.249. The first-order valence-corrected chi connectivity index (χ1v) is 7.91. The summed E-state index contributed by atoms with van der Waals surface area (Å²) in [7, 11) is 0. The van der Waals surface area contributed by atoms with E-state index < -0.39 is 0 Å². The van der Waals surface area contributed by atoms with Gasteiger partial charge in [-0.3, -0.25) is 9.48 Å². The van der Waals surface area contributed by atoms with Gasteiger partial charge in [-0.2, -0.15) is 5.10 Å². The second-order valence-corrected chi connectivity index (χ2v) is 6.41. The van der Waals surface area contributed by atoms with Crippen molar-refractivity contribution in [3.8, 4) is 0 Å². The molecule has 0 aromatic carbocycles. The normalized spacial score (nSPS) is 18.6. The van der Waals surface area contributed by atoms with Gasteiger partial charge in [-0.05, 0) is 36.8 Å². The highest BCUT2D eigenvalue weighted by atomic mass is 32.1. The Balaban J connectivity index is 1.64. The predicted molar refractivity (Wildman–Crippen MR) is 79.7 cm³/mol.